The highest BCUT2D eigenvalue weighted by atomic mass is 16.3. The van der Waals surface area contributed by atoms with Gasteiger partial charge in [-0.2, -0.15) is 5.10 Å². The van der Waals surface area contributed by atoms with E-state index < -0.39 is 0 Å². The Morgan fingerprint density at radius 3 is 2.52 bits per heavy atom. The molecule has 23 heavy (non-hydrogen) atoms. The number of likely N-dealkylation sites (N-methyl/N-ethyl adjacent to an activating group) is 1. The minimum atomic E-state index is 0.148. The van der Waals surface area contributed by atoms with E-state index in [1.807, 2.05) is 30.6 Å². The van der Waals surface area contributed by atoms with E-state index in [9.17, 15) is 0 Å². The number of anilines is 1. The molecule has 1 N–H and O–H groups in total. The van der Waals surface area contributed by atoms with Gasteiger partial charge in [-0.3, -0.25) is 4.68 Å². The van der Waals surface area contributed by atoms with E-state index in [4.69, 9.17) is 10.1 Å². The summed E-state index contributed by atoms with van der Waals surface area (Å²) in [4.78, 5) is 6.81. The Hall–Kier alpha value is -2.40. The van der Waals surface area contributed by atoms with Crippen LogP contribution in [0, 0.1) is 13.8 Å². The number of benzene rings is 1. The van der Waals surface area contributed by atoms with Gasteiger partial charge in [-0.15, -0.1) is 0 Å². The SMILES string of the molecule is Cc1cc(-c2ccc(N(C)CCO)cc2)nc2c1c(C)nn2C. The monoisotopic (exact) mass is 310 g/mol. The highest BCUT2D eigenvalue weighted by molar-refractivity contribution is 5.85. The van der Waals surface area contributed by atoms with Crippen molar-refractivity contribution >= 4 is 16.7 Å². The van der Waals surface area contributed by atoms with Crippen LogP contribution in [0.2, 0.25) is 0 Å². The summed E-state index contributed by atoms with van der Waals surface area (Å²) in [7, 11) is 3.90. The molecule has 120 valence electrons. The lowest BCUT2D eigenvalue weighted by molar-refractivity contribution is 0.304. The molecule has 0 atom stereocenters. The van der Waals surface area contributed by atoms with Crippen LogP contribution in [0.1, 0.15) is 11.3 Å². The van der Waals surface area contributed by atoms with Crippen molar-refractivity contribution in [3.05, 3.63) is 41.6 Å². The smallest absolute Gasteiger partial charge is 0.158 e. The molecule has 0 aliphatic carbocycles. The maximum absolute atomic E-state index is 9.03. The molecule has 0 aliphatic rings. The van der Waals surface area contributed by atoms with Crippen LogP contribution in [0.5, 0.6) is 0 Å². The zero-order chi connectivity index (χ0) is 16.6. The fourth-order valence-electron chi connectivity index (χ4n) is 2.97. The van der Waals surface area contributed by atoms with E-state index in [1.54, 1.807) is 0 Å². The van der Waals surface area contributed by atoms with Gasteiger partial charge in [0.15, 0.2) is 5.65 Å². The summed E-state index contributed by atoms with van der Waals surface area (Å²) >= 11 is 0. The largest absolute Gasteiger partial charge is 0.395 e. The minimum absolute atomic E-state index is 0.148. The second kappa shape index (κ2) is 6.01. The third-order valence-electron chi connectivity index (χ3n) is 4.21. The number of aromatic nitrogens is 3. The maximum atomic E-state index is 9.03. The van der Waals surface area contributed by atoms with Crippen molar-refractivity contribution in [3.63, 3.8) is 0 Å². The van der Waals surface area contributed by atoms with Crippen molar-refractivity contribution in [2.75, 3.05) is 25.1 Å². The van der Waals surface area contributed by atoms with Crippen LogP contribution in [-0.4, -0.2) is 40.1 Å². The molecule has 1 aromatic carbocycles. The standard InChI is InChI=1S/C18H22N4O/c1-12-11-16(19-18-17(12)13(2)20-22(18)4)14-5-7-15(8-6-14)21(3)9-10-23/h5-8,11,23H,9-10H2,1-4H3. The second-order valence-corrected chi connectivity index (χ2v) is 5.92. The molecule has 5 nitrogen and oxygen atoms in total. The molecule has 5 heteroatoms. The van der Waals surface area contributed by atoms with Gasteiger partial charge in [-0.05, 0) is 37.6 Å². The highest BCUT2D eigenvalue weighted by Crippen LogP contribution is 2.27. The van der Waals surface area contributed by atoms with Crippen LogP contribution in [0.4, 0.5) is 5.69 Å². The predicted molar refractivity (Wildman–Crippen MR) is 93.8 cm³/mol. The fourth-order valence-corrected chi connectivity index (χ4v) is 2.97. The summed E-state index contributed by atoms with van der Waals surface area (Å²) in [6, 6.07) is 10.4. The molecule has 0 fully saturated rings. The van der Waals surface area contributed by atoms with Crippen molar-refractivity contribution in [2.45, 2.75) is 13.8 Å². The number of fused-ring (bicyclic) bond motifs is 1. The number of pyridine rings is 1. The van der Waals surface area contributed by atoms with Crippen molar-refractivity contribution in [3.8, 4) is 11.3 Å². The number of aliphatic hydroxyl groups is 1. The van der Waals surface area contributed by atoms with Crippen LogP contribution in [0.15, 0.2) is 30.3 Å². The molecule has 2 aromatic heterocycles. The molecular formula is C18H22N4O. The zero-order valence-electron chi connectivity index (χ0n) is 14.0. The Morgan fingerprint density at radius 2 is 1.87 bits per heavy atom. The first-order valence-electron chi connectivity index (χ1n) is 7.74. The molecule has 0 amide bonds. The Balaban J connectivity index is 2.02. The van der Waals surface area contributed by atoms with E-state index in [0.717, 1.165) is 33.7 Å². The number of nitrogens with zero attached hydrogens (tertiary/aromatic N) is 4. The Bertz CT molecular complexity index is 836. The topological polar surface area (TPSA) is 54.2 Å². The van der Waals surface area contributed by atoms with Gasteiger partial charge in [0.2, 0.25) is 0 Å². The number of aliphatic hydroxyl groups excluding tert-OH is 1. The molecule has 2 heterocycles. The highest BCUT2D eigenvalue weighted by Gasteiger charge is 2.12. The van der Waals surface area contributed by atoms with Gasteiger partial charge in [-0.25, -0.2) is 4.98 Å². The third-order valence-corrected chi connectivity index (χ3v) is 4.21. The van der Waals surface area contributed by atoms with Gasteiger partial charge in [0, 0.05) is 37.3 Å². The normalized spacial score (nSPS) is 11.2. The average Bonchev–Trinajstić information content (AvgIpc) is 2.82. The summed E-state index contributed by atoms with van der Waals surface area (Å²) < 4.78 is 1.84. The van der Waals surface area contributed by atoms with Crippen molar-refractivity contribution < 1.29 is 5.11 Å². The Labute approximate surface area is 136 Å². The van der Waals surface area contributed by atoms with E-state index in [1.165, 1.54) is 5.56 Å². The summed E-state index contributed by atoms with van der Waals surface area (Å²) in [6.45, 7) is 4.89. The number of rotatable bonds is 4. The zero-order valence-corrected chi connectivity index (χ0v) is 14.0. The second-order valence-electron chi connectivity index (χ2n) is 5.92. The first-order chi connectivity index (χ1) is 11.0. The number of hydrogen-bond acceptors (Lipinski definition) is 4. The molecule has 0 aliphatic heterocycles. The lowest BCUT2D eigenvalue weighted by Gasteiger charge is -2.18. The molecular weight excluding hydrogens is 288 g/mol. The Kier molecular flexibility index (Phi) is 4.05. The lowest BCUT2D eigenvalue weighted by Crippen LogP contribution is -2.20. The maximum Gasteiger partial charge on any atom is 0.158 e. The summed E-state index contributed by atoms with van der Waals surface area (Å²) in [5.41, 5.74) is 6.23. The van der Waals surface area contributed by atoms with E-state index in [2.05, 4.69) is 42.4 Å². The molecule has 3 aromatic rings. The van der Waals surface area contributed by atoms with Crippen molar-refractivity contribution in [2.24, 2.45) is 7.05 Å². The van der Waals surface area contributed by atoms with Crippen molar-refractivity contribution in [1.29, 1.82) is 0 Å². The van der Waals surface area contributed by atoms with Crippen LogP contribution in [0.3, 0.4) is 0 Å². The summed E-state index contributed by atoms with van der Waals surface area (Å²) in [6.07, 6.45) is 0. The first-order valence-corrected chi connectivity index (χ1v) is 7.74. The molecule has 0 unspecified atom stereocenters. The van der Waals surface area contributed by atoms with Crippen LogP contribution in [-0.2, 0) is 7.05 Å². The van der Waals surface area contributed by atoms with Gasteiger partial charge in [-0.1, -0.05) is 12.1 Å². The van der Waals surface area contributed by atoms with Gasteiger partial charge in [0.25, 0.3) is 0 Å². The lowest BCUT2D eigenvalue weighted by atomic mass is 10.1. The average molecular weight is 310 g/mol. The Morgan fingerprint density at radius 1 is 1.17 bits per heavy atom. The van der Waals surface area contributed by atoms with Gasteiger partial charge in [0.1, 0.15) is 0 Å². The fraction of sp³-hybridized carbons (Fsp3) is 0.333. The molecule has 0 saturated heterocycles. The van der Waals surface area contributed by atoms with E-state index >= 15 is 0 Å². The number of aryl methyl sites for hydroxylation is 3. The van der Waals surface area contributed by atoms with Crippen LogP contribution in [0.25, 0.3) is 22.3 Å². The van der Waals surface area contributed by atoms with Crippen LogP contribution >= 0.6 is 0 Å². The molecule has 0 radical (unpaired) electrons. The van der Waals surface area contributed by atoms with Crippen molar-refractivity contribution in [1.82, 2.24) is 14.8 Å². The molecule has 3 rings (SSSR count). The van der Waals surface area contributed by atoms with E-state index in [-0.39, 0.29) is 6.61 Å². The molecule has 0 bridgehead atoms. The quantitative estimate of drug-likeness (QED) is 0.805. The predicted octanol–water partition coefficient (Wildman–Crippen LogP) is 2.68. The number of hydrogen-bond donors (Lipinski definition) is 1. The minimum Gasteiger partial charge on any atom is -0.395 e. The van der Waals surface area contributed by atoms with E-state index in [0.29, 0.717) is 6.54 Å². The summed E-state index contributed by atoms with van der Waals surface area (Å²) in [5, 5.41) is 14.6. The third kappa shape index (κ3) is 2.80. The van der Waals surface area contributed by atoms with Gasteiger partial charge in [0.05, 0.1) is 18.0 Å². The summed E-state index contributed by atoms with van der Waals surface area (Å²) in [5.74, 6) is 0. The molecule has 0 saturated carbocycles. The van der Waals surface area contributed by atoms with Gasteiger partial charge >= 0.3 is 0 Å². The molecule has 0 spiro atoms. The van der Waals surface area contributed by atoms with Crippen LogP contribution < -0.4 is 4.90 Å². The first kappa shape index (κ1) is 15.5. The van der Waals surface area contributed by atoms with Gasteiger partial charge < -0.3 is 10.0 Å².